The minimum Gasteiger partial charge on any atom is -0.455 e. The van der Waals surface area contributed by atoms with Crippen molar-refractivity contribution in [2.24, 2.45) is 0 Å². The number of hydrogen-bond acceptors (Lipinski definition) is 2. The van der Waals surface area contributed by atoms with E-state index in [1.54, 1.807) is 0 Å². The van der Waals surface area contributed by atoms with Crippen molar-refractivity contribution in [3.8, 4) is 33.4 Å². The molecule has 2 heteroatoms. The van der Waals surface area contributed by atoms with E-state index in [0.717, 1.165) is 50.1 Å². The zero-order valence-corrected chi connectivity index (χ0v) is 30.9. The van der Waals surface area contributed by atoms with Crippen LogP contribution in [-0.2, 0) is 5.41 Å². The summed E-state index contributed by atoms with van der Waals surface area (Å²) >= 11 is 0. The van der Waals surface area contributed by atoms with Crippen molar-refractivity contribution in [2.45, 2.75) is 19.3 Å². The second kappa shape index (κ2) is 13.2. The van der Waals surface area contributed by atoms with E-state index < -0.39 is 0 Å². The Morgan fingerprint density at radius 1 is 0.400 bits per heavy atom. The maximum Gasteiger partial charge on any atom is 0.143 e. The topological polar surface area (TPSA) is 16.4 Å². The first kappa shape index (κ1) is 32.7. The van der Waals surface area contributed by atoms with Crippen LogP contribution in [0.15, 0.2) is 199 Å². The van der Waals surface area contributed by atoms with Crippen LogP contribution < -0.4 is 4.90 Å². The molecular formula is C53H39NO. The predicted molar refractivity (Wildman–Crippen MR) is 232 cm³/mol. The Balaban J connectivity index is 1.01. The molecule has 0 unspecified atom stereocenters. The summed E-state index contributed by atoms with van der Waals surface area (Å²) in [5, 5.41) is 2.28. The summed E-state index contributed by atoms with van der Waals surface area (Å²) < 4.78 is 6.40. The minimum atomic E-state index is -0.0640. The summed E-state index contributed by atoms with van der Waals surface area (Å²) in [4.78, 5) is 2.35. The standard InChI is InChI=1S/C53H39NO/c1-53(2)49-17-8-6-13-42(49)35-50(53)41-27-33-45(34-28-41)54(43-29-23-39(24-30-43)38-21-19-37(20-22-38)36-11-4-3-5-12-36)44-31-25-40(26-32-44)46-15-10-16-48-47-14-7-9-18-51(47)55-52(46)48/h3-35H,1-2H3. The fourth-order valence-electron chi connectivity index (χ4n) is 8.41. The van der Waals surface area contributed by atoms with Crippen molar-refractivity contribution in [1.82, 2.24) is 0 Å². The maximum atomic E-state index is 6.40. The van der Waals surface area contributed by atoms with Crippen LogP contribution in [0.25, 0.3) is 67.0 Å². The van der Waals surface area contributed by atoms with Gasteiger partial charge in [-0.25, -0.2) is 0 Å². The Bertz CT molecular complexity index is 2840. The molecule has 1 aliphatic carbocycles. The lowest BCUT2D eigenvalue weighted by Crippen LogP contribution is -2.16. The monoisotopic (exact) mass is 705 g/mol. The average molecular weight is 706 g/mol. The number of rotatable bonds is 7. The number of hydrogen-bond donors (Lipinski definition) is 0. The van der Waals surface area contributed by atoms with Gasteiger partial charge < -0.3 is 9.32 Å². The normalized spacial score (nSPS) is 13.2. The summed E-state index contributed by atoms with van der Waals surface area (Å²) in [6, 6.07) is 69.7. The first-order valence-electron chi connectivity index (χ1n) is 19.0. The molecule has 0 amide bonds. The highest BCUT2D eigenvalue weighted by Gasteiger charge is 2.33. The Morgan fingerprint density at radius 2 is 0.891 bits per heavy atom. The molecule has 0 saturated heterocycles. The Kier molecular flexibility index (Phi) is 7.85. The largest absolute Gasteiger partial charge is 0.455 e. The number of furan rings is 1. The van der Waals surface area contributed by atoms with E-state index in [2.05, 4.69) is 207 Å². The lowest BCUT2D eigenvalue weighted by molar-refractivity contribution is 0.670. The molecule has 0 radical (unpaired) electrons. The van der Waals surface area contributed by atoms with Gasteiger partial charge in [-0.1, -0.05) is 166 Å². The number of benzene rings is 8. The first-order valence-corrected chi connectivity index (χ1v) is 19.0. The van der Waals surface area contributed by atoms with Gasteiger partial charge in [0.1, 0.15) is 11.2 Å². The summed E-state index contributed by atoms with van der Waals surface area (Å²) in [6.07, 6.45) is 2.36. The zero-order valence-electron chi connectivity index (χ0n) is 30.9. The SMILES string of the molecule is CC1(C)C(c2ccc(N(c3ccc(-c4ccc(-c5ccccc5)cc4)cc3)c3ccc(-c4cccc5c4oc4ccccc45)cc3)cc2)=Cc2ccccc21. The predicted octanol–water partition coefficient (Wildman–Crippen LogP) is 14.9. The first-order chi connectivity index (χ1) is 27.0. The van der Waals surface area contributed by atoms with Crippen LogP contribution in [0.2, 0.25) is 0 Å². The molecule has 0 spiro atoms. The third-order valence-electron chi connectivity index (χ3n) is 11.3. The average Bonchev–Trinajstić information content (AvgIpc) is 3.76. The smallest absolute Gasteiger partial charge is 0.143 e. The molecule has 2 nitrogen and oxygen atoms in total. The second-order valence-electron chi connectivity index (χ2n) is 15.0. The van der Waals surface area contributed by atoms with Crippen molar-refractivity contribution in [3.63, 3.8) is 0 Å². The van der Waals surface area contributed by atoms with Gasteiger partial charge in [0.15, 0.2) is 0 Å². The van der Waals surface area contributed by atoms with Crippen LogP contribution in [-0.4, -0.2) is 0 Å². The number of fused-ring (bicyclic) bond motifs is 4. The molecule has 9 aromatic rings. The molecule has 1 aliphatic rings. The van der Waals surface area contributed by atoms with Gasteiger partial charge in [0, 0.05) is 38.8 Å². The Morgan fingerprint density at radius 3 is 1.53 bits per heavy atom. The van der Waals surface area contributed by atoms with E-state index in [1.165, 1.54) is 44.5 Å². The van der Waals surface area contributed by atoms with Gasteiger partial charge >= 0.3 is 0 Å². The fourth-order valence-corrected chi connectivity index (χ4v) is 8.41. The van der Waals surface area contributed by atoms with Crippen LogP contribution >= 0.6 is 0 Å². The van der Waals surface area contributed by atoms with Crippen LogP contribution in [0.5, 0.6) is 0 Å². The molecule has 10 rings (SSSR count). The summed E-state index contributed by atoms with van der Waals surface area (Å²) in [5.74, 6) is 0. The molecule has 262 valence electrons. The van der Waals surface area contributed by atoms with Crippen molar-refractivity contribution in [3.05, 3.63) is 211 Å². The molecule has 0 bridgehead atoms. The molecule has 0 aliphatic heterocycles. The lowest BCUT2D eigenvalue weighted by Gasteiger charge is -2.28. The van der Waals surface area contributed by atoms with Gasteiger partial charge in [-0.2, -0.15) is 0 Å². The molecule has 8 aromatic carbocycles. The van der Waals surface area contributed by atoms with Crippen molar-refractivity contribution >= 4 is 50.6 Å². The van der Waals surface area contributed by atoms with Gasteiger partial charge in [-0.15, -0.1) is 0 Å². The highest BCUT2D eigenvalue weighted by atomic mass is 16.3. The summed E-state index contributed by atoms with van der Waals surface area (Å²) in [7, 11) is 0. The minimum absolute atomic E-state index is 0.0640. The van der Waals surface area contributed by atoms with E-state index in [9.17, 15) is 0 Å². The van der Waals surface area contributed by atoms with E-state index >= 15 is 0 Å². The molecule has 1 aromatic heterocycles. The van der Waals surface area contributed by atoms with Crippen LogP contribution in [0.4, 0.5) is 17.1 Å². The highest BCUT2D eigenvalue weighted by Crippen LogP contribution is 2.47. The second-order valence-corrected chi connectivity index (χ2v) is 15.0. The van der Waals surface area contributed by atoms with E-state index in [0.29, 0.717) is 0 Å². The molecule has 0 fully saturated rings. The molecular weight excluding hydrogens is 667 g/mol. The van der Waals surface area contributed by atoms with Gasteiger partial charge in [-0.3, -0.25) is 0 Å². The van der Waals surface area contributed by atoms with Gasteiger partial charge in [0.25, 0.3) is 0 Å². The Labute approximate surface area is 322 Å². The van der Waals surface area contributed by atoms with Crippen LogP contribution in [0.1, 0.15) is 30.5 Å². The van der Waals surface area contributed by atoms with E-state index in [4.69, 9.17) is 4.42 Å². The van der Waals surface area contributed by atoms with Gasteiger partial charge in [-0.05, 0) is 98.6 Å². The zero-order chi connectivity index (χ0) is 36.9. The number of anilines is 3. The Hall–Kier alpha value is -6.90. The third kappa shape index (κ3) is 5.75. The fraction of sp³-hybridized carbons (Fsp3) is 0.0566. The van der Waals surface area contributed by atoms with Crippen molar-refractivity contribution < 1.29 is 4.42 Å². The number of allylic oxidation sites excluding steroid dienone is 1. The lowest BCUT2D eigenvalue weighted by atomic mass is 9.78. The molecule has 0 atom stereocenters. The van der Waals surface area contributed by atoms with Crippen LogP contribution in [0, 0.1) is 0 Å². The van der Waals surface area contributed by atoms with E-state index in [1.807, 2.05) is 12.1 Å². The molecule has 0 N–H and O–H groups in total. The summed E-state index contributed by atoms with van der Waals surface area (Å²) in [6.45, 7) is 4.66. The third-order valence-corrected chi connectivity index (χ3v) is 11.3. The van der Waals surface area contributed by atoms with Gasteiger partial charge in [0.05, 0.1) is 0 Å². The molecule has 1 heterocycles. The van der Waals surface area contributed by atoms with Crippen molar-refractivity contribution in [1.29, 1.82) is 0 Å². The van der Waals surface area contributed by atoms with Crippen molar-refractivity contribution in [2.75, 3.05) is 4.90 Å². The highest BCUT2D eigenvalue weighted by molar-refractivity contribution is 6.09. The molecule has 55 heavy (non-hydrogen) atoms. The number of nitrogens with zero attached hydrogens (tertiary/aromatic N) is 1. The summed E-state index contributed by atoms with van der Waals surface area (Å²) in [5.41, 5.74) is 17.4. The quantitative estimate of drug-likeness (QED) is 0.164. The van der Waals surface area contributed by atoms with Crippen LogP contribution in [0.3, 0.4) is 0 Å². The van der Waals surface area contributed by atoms with E-state index in [-0.39, 0.29) is 5.41 Å². The molecule has 0 saturated carbocycles. The maximum absolute atomic E-state index is 6.40. The van der Waals surface area contributed by atoms with Gasteiger partial charge in [0.2, 0.25) is 0 Å². The number of para-hydroxylation sites is 2.